The number of aromatic nitrogens is 2. The van der Waals surface area contributed by atoms with Crippen LogP contribution >= 0.6 is 12.2 Å². The lowest BCUT2D eigenvalue weighted by Gasteiger charge is -2.09. The lowest BCUT2D eigenvalue weighted by molar-refractivity contribution is 0.628. The quantitative estimate of drug-likeness (QED) is 0.679. The number of hydrogen-bond donors (Lipinski definition) is 1. The van der Waals surface area contributed by atoms with Gasteiger partial charge >= 0.3 is 0 Å². The van der Waals surface area contributed by atoms with Gasteiger partial charge in [0.05, 0.1) is 5.69 Å². The number of H-pyrrole nitrogens is 1. The molecule has 1 heterocycles. The van der Waals surface area contributed by atoms with E-state index in [1.165, 1.54) is 17.7 Å². The summed E-state index contributed by atoms with van der Waals surface area (Å²) in [4.78, 5) is 3.05. The second kappa shape index (κ2) is 5.06. The summed E-state index contributed by atoms with van der Waals surface area (Å²) in [6.07, 6.45) is 1.84. The van der Waals surface area contributed by atoms with Gasteiger partial charge in [0, 0.05) is 17.4 Å². The Morgan fingerprint density at radius 2 is 1.65 bits per heavy atom. The van der Waals surface area contributed by atoms with Crippen LogP contribution in [0, 0.1) is 17.5 Å². The molecule has 1 aromatic heterocycles. The lowest BCUT2D eigenvalue weighted by Crippen LogP contribution is -1.97. The molecule has 0 amide bonds. The molecule has 0 radical (unpaired) electrons. The van der Waals surface area contributed by atoms with Crippen molar-refractivity contribution >= 4 is 12.2 Å². The van der Waals surface area contributed by atoms with Gasteiger partial charge in [-0.2, -0.15) is 0 Å². The van der Waals surface area contributed by atoms with E-state index in [1.54, 1.807) is 12.1 Å². The molecular weight excluding hydrogens is 271 g/mol. The summed E-state index contributed by atoms with van der Waals surface area (Å²) in [5, 5.41) is 0. The van der Waals surface area contributed by atoms with E-state index in [0.29, 0.717) is 4.77 Å². The Morgan fingerprint density at radius 3 is 2.30 bits per heavy atom. The van der Waals surface area contributed by atoms with E-state index >= 15 is 0 Å². The van der Waals surface area contributed by atoms with Crippen LogP contribution in [0.5, 0.6) is 0 Å². The van der Waals surface area contributed by atoms with E-state index in [-0.39, 0.29) is 5.82 Å². The molecule has 0 saturated carbocycles. The van der Waals surface area contributed by atoms with Crippen LogP contribution < -0.4 is 0 Å². The minimum atomic E-state index is -0.246. The Hall–Kier alpha value is -2.20. The molecule has 20 heavy (non-hydrogen) atoms. The van der Waals surface area contributed by atoms with Crippen molar-refractivity contribution in [1.29, 1.82) is 0 Å². The zero-order valence-electron chi connectivity index (χ0n) is 10.9. The fraction of sp³-hybridized carbons (Fsp3) is 0.0625. The van der Waals surface area contributed by atoms with Gasteiger partial charge < -0.3 is 4.98 Å². The average Bonchev–Trinajstić information content (AvgIpc) is 2.83. The number of imidazole rings is 1. The Balaban J connectivity index is 2.17. The monoisotopic (exact) mass is 284 g/mol. The Bertz CT molecular complexity index is 783. The normalized spacial score (nSPS) is 10.7. The number of rotatable bonds is 2. The largest absolute Gasteiger partial charge is 0.336 e. The Morgan fingerprint density at radius 1 is 1.00 bits per heavy atom. The van der Waals surface area contributed by atoms with Crippen molar-refractivity contribution in [3.63, 3.8) is 0 Å². The first-order chi connectivity index (χ1) is 9.65. The summed E-state index contributed by atoms with van der Waals surface area (Å²) in [5.74, 6) is -0.246. The van der Waals surface area contributed by atoms with Crippen molar-refractivity contribution in [3.05, 3.63) is 70.9 Å². The van der Waals surface area contributed by atoms with Crippen LogP contribution in [-0.4, -0.2) is 9.55 Å². The fourth-order valence-corrected chi connectivity index (χ4v) is 2.41. The highest BCUT2D eigenvalue weighted by Gasteiger charge is 2.08. The number of aryl methyl sites for hydroxylation is 1. The molecule has 4 heteroatoms. The molecule has 2 aromatic carbocycles. The Labute approximate surface area is 121 Å². The van der Waals surface area contributed by atoms with Crippen LogP contribution in [0.25, 0.3) is 16.9 Å². The first-order valence-electron chi connectivity index (χ1n) is 6.28. The van der Waals surface area contributed by atoms with E-state index in [0.717, 1.165) is 16.9 Å². The molecule has 0 aliphatic heterocycles. The summed E-state index contributed by atoms with van der Waals surface area (Å²) < 4.78 is 15.6. The molecule has 0 fully saturated rings. The number of benzene rings is 2. The van der Waals surface area contributed by atoms with Crippen molar-refractivity contribution in [1.82, 2.24) is 9.55 Å². The lowest BCUT2D eigenvalue weighted by atomic mass is 10.1. The first kappa shape index (κ1) is 12.8. The molecule has 0 bridgehead atoms. The van der Waals surface area contributed by atoms with Crippen LogP contribution in [0.3, 0.4) is 0 Å². The molecule has 0 aliphatic rings. The molecule has 100 valence electrons. The van der Waals surface area contributed by atoms with Gasteiger partial charge in [-0.25, -0.2) is 4.39 Å². The molecule has 0 unspecified atom stereocenters. The molecule has 0 atom stereocenters. The van der Waals surface area contributed by atoms with Gasteiger partial charge in [0.15, 0.2) is 4.77 Å². The number of nitrogens with zero attached hydrogens (tertiary/aromatic N) is 1. The van der Waals surface area contributed by atoms with E-state index in [1.807, 2.05) is 42.0 Å². The number of halogens is 1. The van der Waals surface area contributed by atoms with E-state index in [4.69, 9.17) is 12.2 Å². The van der Waals surface area contributed by atoms with Crippen molar-refractivity contribution in [3.8, 4) is 16.9 Å². The van der Waals surface area contributed by atoms with Gasteiger partial charge in [-0.1, -0.05) is 17.7 Å². The van der Waals surface area contributed by atoms with Gasteiger partial charge in [0.25, 0.3) is 0 Å². The van der Waals surface area contributed by atoms with Gasteiger partial charge in [0.1, 0.15) is 5.82 Å². The van der Waals surface area contributed by atoms with Crippen molar-refractivity contribution < 1.29 is 4.39 Å². The molecule has 3 aromatic rings. The predicted molar refractivity (Wildman–Crippen MR) is 81.1 cm³/mol. The predicted octanol–water partition coefficient (Wildman–Crippen LogP) is 4.65. The molecule has 3 rings (SSSR count). The third-order valence-corrected chi connectivity index (χ3v) is 3.51. The van der Waals surface area contributed by atoms with E-state index in [9.17, 15) is 4.39 Å². The first-order valence-corrected chi connectivity index (χ1v) is 6.69. The average molecular weight is 284 g/mol. The minimum absolute atomic E-state index is 0.246. The highest BCUT2D eigenvalue weighted by molar-refractivity contribution is 7.71. The number of hydrogen-bond acceptors (Lipinski definition) is 1. The highest BCUT2D eigenvalue weighted by atomic mass is 32.1. The number of aromatic amines is 1. The maximum atomic E-state index is 13.0. The van der Waals surface area contributed by atoms with Gasteiger partial charge in [-0.3, -0.25) is 4.57 Å². The molecular formula is C16H13FN2S. The topological polar surface area (TPSA) is 20.7 Å². The second-order valence-corrected chi connectivity index (χ2v) is 5.04. The summed E-state index contributed by atoms with van der Waals surface area (Å²) in [6, 6.07) is 14.5. The Kier molecular flexibility index (Phi) is 3.24. The zero-order valence-corrected chi connectivity index (χ0v) is 11.7. The third kappa shape index (κ3) is 2.30. The third-order valence-electron chi connectivity index (χ3n) is 3.21. The maximum Gasteiger partial charge on any atom is 0.182 e. The van der Waals surface area contributed by atoms with Gasteiger partial charge in [-0.05, 0) is 55.5 Å². The van der Waals surface area contributed by atoms with Crippen LogP contribution in [0.15, 0.2) is 54.7 Å². The van der Waals surface area contributed by atoms with Crippen LogP contribution in [0.2, 0.25) is 0 Å². The molecule has 2 nitrogen and oxygen atoms in total. The van der Waals surface area contributed by atoms with Crippen molar-refractivity contribution in [2.24, 2.45) is 0 Å². The fourth-order valence-electron chi connectivity index (χ4n) is 2.15. The van der Waals surface area contributed by atoms with E-state index < -0.39 is 0 Å². The zero-order chi connectivity index (χ0) is 14.1. The van der Waals surface area contributed by atoms with Crippen LogP contribution in [-0.2, 0) is 0 Å². The summed E-state index contributed by atoms with van der Waals surface area (Å²) in [5.41, 5.74) is 4.01. The summed E-state index contributed by atoms with van der Waals surface area (Å²) in [7, 11) is 0. The molecule has 0 aliphatic carbocycles. The molecule has 0 saturated heterocycles. The second-order valence-electron chi connectivity index (χ2n) is 4.66. The smallest absolute Gasteiger partial charge is 0.182 e. The van der Waals surface area contributed by atoms with Crippen LogP contribution in [0.1, 0.15) is 5.56 Å². The maximum absolute atomic E-state index is 13.0. The summed E-state index contributed by atoms with van der Waals surface area (Å²) >= 11 is 5.35. The molecule has 1 N–H and O–H groups in total. The highest BCUT2D eigenvalue weighted by Crippen LogP contribution is 2.24. The van der Waals surface area contributed by atoms with Crippen molar-refractivity contribution in [2.75, 3.05) is 0 Å². The standard InChI is InChI=1S/C16H13FN2S/c1-11-2-8-14(9-3-11)19-15(10-18-16(19)20)12-4-6-13(17)7-5-12/h2-10H,1H3,(H,18,20). The minimum Gasteiger partial charge on any atom is -0.336 e. The van der Waals surface area contributed by atoms with Gasteiger partial charge in [0.2, 0.25) is 0 Å². The summed E-state index contributed by atoms with van der Waals surface area (Å²) in [6.45, 7) is 2.04. The van der Waals surface area contributed by atoms with Crippen LogP contribution in [0.4, 0.5) is 4.39 Å². The van der Waals surface area contributed by atoms with Gasteiger partial charge in [-0.15, -0.1) is 0 Å². The van der Waals surface area contributed by atoms with Crippen molar-refractivity contribution in [2.45, 2.75) is 6.92 Å². The number of nitrogens with one attached hydrogen (secondary N) is 1. The molecule has 0 spiro atoms. The SMILES string of the molecule is Cc1ccc(-n2c(-c3ccc(F)cc3)c[nH]c2=S)cc1. The van der Waals surface area contributed by atoms with E-state index in [2.05, 4.69) is 4.98 Å².